The largest absolute Gasteiger partial charge is 0.493 e. The maximum absolute atomic E-state index is 12.6. The monoisotopic (exact) mass is 390 g/mol. The Morgan fingerprint density at radius 2 is 2.03 bits per heavy atom. The summed E-state index contributed by atoms with van der Waals surface area (Å²) in [7, 11) is 1.47. The van der Waals surface area contributed by atoms with Crippen LogP contribution < -0.4 is 15.7 Å². The van der Waals surface area contributed by atoms with Gasteiger partial charge in [0, 0.05) is 22.6 Å². The molecule has 2 heterocycles. The van der Waals surface area contributed by atoms with E-state index in [9.17, 15) is 14.4 Å². The Morgan fingerprint density at radius 1 is 1.24 bits per heavy atom. The lowest BCUT2D eigenvalue weighted by Crippen LogP contribution is -2.35. The van der Waals surface area contributed by atoms with Gasteiger partial charge in [-0.05, 0) is 38.1 Å². The first kappa shape index (κ1) is 18.6. The molecular weight excluding hydrogens is 372 g/mol. The number of ether oxygens (including phenoxy) is 1. The van der Waals surface area contributed by atoms with Crippen LogP contribution in [-0.4, -0.2) is 24.6 Å². The molecule has 0 spiro atoms. The van der Waals surface area contributed by atoms with E-state index in [1.165, 1.54) is 13.2 Å². The van der Waals surface area contributed by atoms with Crippen molar-refractivity contribution in [2.24, 2.45) is 10.9 Å². The molecule has 7 nitrogen and oxygen atoms in total. The fraction of sp³-hybridized carbons (Fsp3) is 0.182. The third-order valence-corrected chi connectivity index (χ3v) is 5.16. The van der Waals surface area contributed by atoms with Crippen molar-refractivity contribution in [2.75, 3.05) is 7.11 Å². The quantitative estimate of drug-likeness (QED) is 0.795. The molecule has 0 saturated carbocycles. The molecule has 0 radical (unpaired) electrons. The number of benzene rings is 1. The number of carbonyl (C=O) groups excluding carboxylic acids is 2. The summed E-state index contributed by atoms with van der Waals surface area (Å²) in [6.45, 7) is 3.68. The zero-order chi connectivity index (χ0) is 20.7. The van der Waals surface area contributed by atoms with E-state index in [1.54, 1.807) is 37.3 Å². The number of hydrogen-bond acceptors (Lipinski definition) is 5. The average Bonchev–Trinajstić information content (AvgIpc) is 2.71. The van der Waals surface area contributed by atoms with Gasteiger partial charge in [0.15, 0.2) is 11.3 Å². The van der Waals surface area contributed by atoms with Crippen LogP contribution in [-0.2, 0) is 4.79 Å². The number of aliphatic imine (C=N–C) groups is 1. The molecular formula is C22H18N2O5. The molecule has 1 aromatic heterocycles. The number of fused-ring (bicyclic) bond motifs is 2. The van der Waals surface area contributed by atoms with Gasteiger partial charge in [-0.2, -0.15) is 0 Å². The summed E-state index contributed by atoms with van der Waals surface area (Å²) in [6, 6.07) is 6.56. The highest BCUT2D eigenvalue weighted by atomic mass is 16.5. The van der Waals surface area contributed by atoms with Gasteiger partial charge < -0.3 is 14.5 Å². The molecule has 4 rings (SSSR count). The summed E-state index contributed by atoms with van der Waals surface area (Å²) in [4.78, 5) is 41.0. The molecule has 1 atom stereocenters. The number of rotatable bonds is 2. The number of para-hydroxylation sites is 1. The third-order valence-electron chi connectivity index (χ3n) is 5.16. The highest BCUT2D eigenvalue weighted by molar-refractivity contribution is 6.14. The molecule has 0 fully saturated rings. The van der Waals surface area contributed by atoms with Gasteiger partial charge in [0.05, 0.1) is 12.8 Å². The van der Waals surface area contributed by atoms with Crippen LogP contribution in [0.1, 0.15) is 24.2 Å². The van der Waals surface area contributed by atoms with Gasteiger partial charge in [-0.1, -0.05) is 23.8 Å². The average molecular weight is 390 g/mol. The van der Waals surface area contributed by atoms with E-state index >= 15 is 0 Å². The first-order valence-electron chi connectivity index (χ1n) is 9.01. The van der Waals surface area contributed by atoms with Crippen molar-refractivity contribution in [3.63, 3.8) is 0 Å². The summed E-state index contributed by atoms with van der Waals surface area (Å²) in [5.41, 5.74) is 1.94. The Hall–Kier alpha value is -3.74. The van der Waals surface area contributed by atoms with E-state index in [-0.39, 0.29) is 23.0 Å². The number of carbonyl (C=O) groups is 2. The van der Waals surface area contributed by atoms with Crippen LogP contribution in [0, 0.1) is 5.92 Å². The summed E-state index contributed by atoms with van der Waals surface area (Å²) in [5.74, 6) is -0.540. The predicted molar refractivity (Wildman–Crippen MR) is 108 cm³/mol. The predicted octanol–water partition coefficient (Wildman–Crippen LogP) is 2.92. The second-order valence-corrected chi connectivity index (χ2v) is 6.87. The number of nitrogens with zero attached hydrogens (tertiary/aromatic N) is 1. The molecule has 0 saturated heterocycles. The van der Waals surface area contributed by atoms with Crippen molar-refractivity contribution in [3.05, 3.63) is 75.3 Å². The molecule has 29 heavy (non-hydrogen) atoms. The maximum Gasteiger partial charge on any atom is 0.349 e. The van der Waals surface area contributed by atoms with Crippen molar-refractivity contribution in [3.8, 4) is 5.75 Å². The van der Waals surface area contributed by atoms with Crippen LogP contribution in [0.4, 0.5) is 0 Å². The van der Waals surface area contributed by atoms with E-state index in [0.717, 1.165) is 5.57 Å². The smallest absolute Gasteiger partial charge is 0.349 e. The highest BCUT2D eigenvalue weighted by Crippen LogP contribution is 2.30. The van der Waals surface area contributed by atoms with E-state index in [4.69, 9.17) is 9.15 Å². The summed E-state index contributed by atoms with van der Waals surface area (Å²) in [6.07, 6.45) is 5.21. The number of amides is 2. The van der Waals surface area contributed by atoms with Crippen molar-refractivity contribution >= 4 is 28.5 Å². The zero-order valence-corrected chi connectivity index (χ0v) is 16.1. The Morgan fingerprint density at radius 3 is 2.79 bits per heavy atom. The lowest BCUT2D eigenvalue weighted by atomic mass is 9.85. The molecule has 1 aliphatic carbocycles. The minimum Gasteiger partial charge on any atom is -0.493 e. The van der Waals surface area contributed by atoms with Crippen molar-refractivity contribution in [2.45, 2.75) is 13.8 Å². The highest BCUT2D eigenvalue weighted by Gasteiger charge is 2.27. The van der Waals surface area contributed by atoms with E-state index in [0.29, 0.717) is 28.1 Å². The Bertz CT molecular complexity index is 1240. The van der Waals surface area contributed by atoms with Gasteiger partial charge in [0.2, 0.25) is 0 Å². The van der Waals surface area contributed by atoms with Crippen molar-refractivity contribution in [1.82, 2.24) is 5.32 Å². The van der Waals surface area contributed by atoms with Crippen LogP contribution >= 0.6 is 0 Å². The van der Waals surface area contributed by atoms with Crippen molar-refractivity contribution < 1.29 is 18.7 Å². The molecule has 1 unspecified atom stereocenters. The van der Waals surface area contributed by atoms with Gasteiger partial charge in [-0.15, -0.1) is 0 Å². The molecule has 2 amide bonds. The number of hydrogen-bond donors (Lipinski definition) is 1. The normalized spacial score (nSPS) is 19.8. The molecule has 2 aliphatic rings. The van der Waals surface area contributed by atoms with Crippen LogP contribution in [0.2, 0.25) is 0 Å². The topological polar surface area (TPSA) is 98.0 Å². The Balaban J connectivity index is 1.70. The molecule has 1 aliphatic heterocycles. The summed E-state index contributed by atoms with van der Waals surface area (Å²) >= 11 is 0. The van der Waals surface area contributed by atoms with Crippen molar-refractivity contribution in [1.29, 1.82) is 0 Å². The molecule has 1 aromatic carbocycles. The molecule has 146 valence electrons. The van der Waals surface area contributed by atoms with Gasteiger partial charge >= 0.3 is 5.63 Å². The van der Waals surface area contributed by atoms with E-state index in [1.807, 2.05) is 13.0 Å². The molecule has 1 N–H and O–H groups in total. The molecule has 0 bridgehead atoms. The second kappa shape index (κ2) is 7.01. The minimum atomic E-state index is -0.790. The number of nitrogens with one attached hydrogen (secondary N) is 1. The third kappa shape index (κ3) is 3.20. The van der Waals surface area contributed by atoms with E-state index < -0.39 is 11.5 Å². The van der Waals surface area contributed by atoms with Crippen LogP contribution in [0.5, 0.6) is 5.75 Å². The standard InChI is InChI=1S/C22H18N2O5/c1-11-12(2)20(25)24-17-10-14(7-8-15(11)17)23-21(26)16-9-13-5-4-6-18(28-3)19(13)29-22(16)27/h4-10,15H,1-3H3,(H,24,25). The lowest BCUT2D eigenvalue weighted by Gasteiger charge is -2.28. The molecule has 2 aromatic rings. The SMILES string of the molecule is COc1cccc2cc(C(=O)N=C3C=CC4C(=C3)NC(=O)C(C)=C4C)c(=O)oc12. The first-order valence-corrected chi connectivity index (χ1v) is 9.01. The summed E-state index contributed by atoms with van der Waals surface area (Å²) in [5, 5.41) is 3.37. The van der Waals surface area contributed by atoms with Crippen LogP contribution in [0.15, 0.2) is 73.5 Å². The Kier molecular flexibility index (Phi) is 4.50. The van der Waals surface area contributed by atoms with Gasteiger partial charge in [0.1, 0.15) is 5.56 Å². The Labute approximate surface area is 166 Å². The second-order valence-electron chi connectivity index (χ2n) is 6.87. The van der Waals surface area contributed by atoms with Crippen LogP contribution in [0.3, 0.4) is 0 Å². The summed E-state index contributed by atoms with van der Waals surface area (Å²) < 4.78 is 10.5. The first-order chi connectivity index (χ1) is 13.9. The fourth-order valence-electron chi connectivity index (χ4n) is 3.40. The maximum atomic E-state index is 12.6. The molecule has 7 heteroatoms. The van der Waals surface area contributed by atoms with Gasteiger partial charge in [-0.3, -0.25) is 9.59 Å². The number of methoxy groups -OCH3 is 1. The minimum absolute atomic E-state index is 0.0556. The zero-order valence-electron chi connectivity index (χ0n) is 16.1. The van der Waals surface area contributed by atoms with Gasteiger partial charge in [0.25, 0.3) is 11.8 Å². The van der Waals surface area contributed by atoms with Gasteiger partial charge in [-0.25, -0.2) is 9.79 Å². The van der Waals surface area contributed by atoms with Crippen LogP contribution in [0.25, 0.3) is 11.0 Å². The lowest BCUT2D eigenvalue weighted by molar-refractivity contribution is -0.117. The fourth-order valence-corrected chi connectivity index (χ4v) is 3.40. The number of allylic oxidation sites excluding steroid dienone is 3. The van der Waals surface area contributed by atoms with E-state index in [2.05, 4.69) is 10.3 Å².